The third-order valence-electron chi connectivity index (χ3n) is 2.81. The fourth-order valence-corrected chi connectivity index (χ4v) is 1.66. The molecule has 1 aliphatic rings. The normalized spacial score (nSPS) is 16.2. The second kappa shape index (κ2) is 4.95. The van der Waals surface area contributed by atoms with Crippen molar-refractivity contribution in [2.75, 3.05) is 0 Å². The molecule has 2 rings (SSSR count). The van der Waals surface area contributed by atoms with Crippen LogP contribution < -0.4 is 11.1 Å². The van der Waals surface area contributed by atoms with E-state index in [1.165, 1.54) is 6.20 Å². The van der Waals surface area contributed by atoms with Crippen LogP contribution in [0.4, 0.5) is 0 Å². The van der Waals surface area contributed by atoms with Gasteiger partial charge in [0.2, 0.25) is 5.91 Å². The highest BCUT2D eigenvalue weighted by Crippen LogP contribution is 2.33. The van der Waals surface area contributed by atoms with Crippen molar-refractivity contribution in [3.63, 3.8) is 0 Å². The van der Waals surface area contributed by atoms with Gasteiger partial charge in [-0.3, -0.25) is 14.6 Å². The zero-order valence-corrected chi connectivity index (χ0v) is 9.43. The number of nitrogens with two attached hydrogens (primary N) is 1. The van der Waals surface area contributed by atoms with Crippen molar-refractivity contribution in [3.8, 4) is 0 Å². The molecule has 2 amide bonds. The first-order valence-electron chi connectivity index (χ1n) is 5.68. The van der Waals surface area contributed by atoms with Crippen LogP contribution in [0, 0.1) is 5.92 Å². The van der Waals surface area contributed by atoms with Gasteiger partial charge in [0.15, 0.2) is 0 Å². The lowest BCUT2D eigenvalue weighted by Gasteiger charge is -2.14. The molecular formula is C12H15N3O2. The number of carbonyl (C=O) groups is 2. The van der Waals surface area contributed by atoms with Crippen LogP contribution in [0.25, 0.3) is 0 Å². The number of hydrogen-bond donors (Lipinski definition) is 2. The molecule has 0 saturated heterocycles. The van der Waals surface area contributed by atoms with Crippen LogP contribution in [-0.4, -0.2) is 22.8 Å². The van der Waals surface area contributed by atoms with Gasteiger partial charge >= 0.3 is 0 Å². The number of amides is 2. The number of primary amides is 1. The van der Waals surface area contributed by atoms with E-state index in [4.69, 9.17) is 5.73 Å². The molecule has 1 aliphatic carbocycles. The van der Waals surface area contributed by atoms with E-state index in [9.17, 15) is 9.59 Å². The number of hydrogen-bond acceptors (Lipinski definition) is 3. The van der Waals surface area contributed by atoms with Crippen molar-refractivity contribution < 1.29 is 9.59 Å². The minimum atomic E-state index is -0.586. The summed E-state index contributed by atoms with van der Waals surface area (Å²) in [6, 6.07) is 4.47. The molecule has 5 nitrogen and oxygen atoms in total. The van der Waals surface area contributed by atoms with E-state index in [0.717, 1.165) is 12.8 Å². The Bertz CT molecular complexity index is 415. The molecule has 1 fully saturated rings. The summed E-state index contributed by atoms with van der Waals surface area (Å²) in [4.78, 5) is 26.9. The SMILES string of the molecule is NC(=O)[C@H](CC1CC1)NC(=O)c1ccccn1. The van der Waals surface area contributed by atoms with Gasteiger partial charge in [0, 0.05) is 6.20 Å². The van der Waals surface area contributed by atoms with Crippen LogP contribution in [-0.2, 0) is 4.79 Å². The molecule has 1 aromatic heterocycles. The molecule has 5 heteroatoms. The van der Waals surface area contributed by atoms with Crippen molar-refractivity contribution in [1.82, 2.24) is 10.3 Å². The summed E-state index contributed by atoms with van der Waals surface area (Å²) in [6.07, 6.45) is 4.40. The maximum atomic E-state index is 11.8. The molecule has 0 aliphatic heterocycles. The first-order valence-corrected chi connectivity index (χ1v) is 5.68. The Balaban J connectivity index is 1.97. The van der Waals surface area contributed by atoms with E-state index in [1.807, 2.05) is 0 Å². The smallest absolute Gasteiger partial charge is 0.270 e. The molecule has 0 unspecified atom stereocenters. The maximum Gasteiger partial charge on any atom is 0.270 e. The molecule has 1 atom stereocenters. The number of pyridine rings is 1. The highest BCUT2D eigenvalue weighted by atomic mass is 16.2. The van der Waals surface area contributed by atoms with E-state index in [0.29, 0.717) is 18.0 Å². The second-order valence-electron chi connectivity index (χ2n) is 4.32. The zero-order chi connectivity index (χ0) is 12.3. The highest BCUT2D eigenvalue weighted by Gasteiger charge is 2.29. The predicted molar refractivity (Wildman–Crippen MR) is 62.0 cm³/mol. The highest BCUT2D eigenvalue weighted by molar-refractivity contribution is 5.95. The predicted octanol–water partition coefficient (Wildman–Crippen LogP) is 0.465. The summed E-state index contributed by atoms with van der Waals surface area (Å²) in [5.74, 6) is -0.312. The summed E-state index contributed by atoms with van der Waals surface area (Å²) in [5.41, 5.74) is 5.57. The molecule has 1 aromatic rings. The Labute approximate surface area is 99.4 Å². The Morgan fingerprint density at radius 1 is 1.47 bits per heavy atom. The van der Waals surface area contributed by atoms with Crippen LogP contribution in [0.2, 0.25) is 0 Å². The van der Waals surface area contributed by atoms with Gasteiger partial charge in [-0.1, -0.05) is 18.9 Å². The van der Waals surface area contributed by atoms with Gasteiger partial charge in [-0.25, -0.2) is 0 Å². The molecule has 0 radical (unpaired) electrons. The van der Waals surface area contributed by atoms with Crippen molar-refractivity contribution in [2.45, 2.75) is 25.3 Å². The van der Waals surface area contributed by atoms with Crippen LogP contribution in [0.1, 0.15) is 29.8 Å². The van der Waals surface area contributed by atoms with Crippen LogP contribution in [0.15, 0.2) is 24.4 Å². The lowest BCUT2D eigenvalue weighted by atomic mass is 10.1. The van der Waals surface area contributed by atoms with Crippen LogP contribution >= 0.6 is 0 Å². The fraction of sp³-hybridized carbons (Fsp3) is 0.417. The maximum absolute atomic E-state index is 11.8. The van der Waals surface area contributed by atoms with Gasteiger partial charge in [0.1, 0.15) is 11.7 Å². The van der Waals surface area contributed by atoms with Gasteiger partial charge in [-0.15, -0.1) is 0 Å². The first-order chi connectivity index (χ1) is 8.16. The Hall–Kier alpha value is -1.91. The molecule has 1 heterocycles. The van der Waals surface area contributed by atoms with Crippen molar-refractivity contribution in [2.24, 2.45) is 11.7 Å². The van der Waals surface area contributed by atoms with Gasteiger partial charge < -0.3 is 11.1 Å². The fourth-order valence-electron chi connectivity index (χ4n) is 1.66. The standard InChI is InChI=1S/C12H15N3O2/c13-11(16)10(7-8-4-5-8)15-12(17)9-3-1-2-6-14-9/h1-3,6,8,10H,4-5,7H2,(H2,13,16)(H,15,17)/t10-/m0/s1. The minimum absolute atomic E-state index is 0.301. The van der Waals surface area contributed by atoms with Crippen LogP contribution in [0.3, 0.4) is 0 Å². The third-order valence-corrected chi connectivity index (χ3v) is 2.81. The molecule has 17 heavy (non-hydrogen) atoms. The summed E-state index contributed by atoms with van der Waals surface area (Å²) < 4.78 is 0. The minimum Gasteiger partial charge on any atom is -0.368 e. The molecule has 3 N–H and O–H groups in total. The Morgan fingerprint density at radius 3 is 2.76 bits per heavy atom. The monoisotopic (exact) mass is 233 g/mol. The molecule has 90 valence electrons. The van der Waals surface area contributed by atoms with E-state index in [2.05, 4.69) is 10.3 Å². The summed E-state index contributed by atoms with van der Waals surface area (Å²) in [7, 11) is 0. The van der Waals surface area contributed by atoms with Gasteiger partial charge in [0.25, 0.3) is 5.91 Å². The van der Waals surface area contributed by atoms with E-state index >= 15 is 0 Å². The van der Waals surface area contributed by atoms with E-state index in [-0.39, 0.29) is 5.91 Å². The molecule has 0 spiro atoms. The van der Waals surface area contributed by atoms with Crippen molar-refractivity contribution >= 4 is 11.8 Å². The van der Waals surface area contributed by atoms with Crippen molar-refractivity contribution in [3.05, 3.63) is 30.1 Å². The average molecular weight is 233 g/mol. The molecular weight excluding hydrogens is 218 g/mol. The number of nitrogens with one attached hydrogen (secondary N) is 1. The zero-order valence-electron chi connectivity index (χ0n) is 9.43. The Morgan fingerprint density at radius 2 is 2.24 bits per heavy atom. The second-order valence-corrected chi connectivity index (χ2v) is 4.32. The van der Waals surface area contributed by atoms with E-state index < -0.39 is 11.9 Å². The number of aromatic nitrogens is 1. The number of rotatable bonds is 5. The van der Waals surface area contributed by atoms with E-state index in [1.54, 1.807) is 18.2 Å². The molecule has 0 bridgehead atoms. The quantitative estimate of drug-likeness (QED) is 0.775. The summed E-state index contributed by atoms with van der Waals surface area (Å²) in [6.45, 7) is 0. The first kappa shape index (κ1) is 11.6. The lowest BCUT2D eigenvalue weighted by Crippen LogP contribution is -2.44. The topological polar surface area (TPSA) is 85.1 Å². The van der Waals surface area contributed by atoms with Gasteiger partial charge in [-0.2, -0.15) is 0 Å². The summed E-state index contributed by atoms with van der Waals surface area (Å²) >= 11 is 0. The van der Waals surface area contributed by atoms with Crippen molar-refractivity contribution in [1.29, 1.82) is 0 Å². The largest absolute Gasteiger partial charge is 0.368 e. The van der Waals surface area contributed by atoms with Gasteiger partial charge in [0.05, 0.1) is 0 Å². The average Bonchev–Trinajstić information content (AvgIpc) is 3.13. The van der Waals surface area contributed by atoms with Crippen LogP contribution in [0.5, 0.6) is 0 Å². The lowest BCUT2D eigenvalue weighted by molar-refractivity contribution is -0.120. The number of nitrogens with zero attached hydrogens (tertiary/aromatic N) is 1. The summed E-state index contributed by atoms with van der Waals surface area (Å²) in [5, 5.41) is 2.63. The molecule has 1 saturated carbocycles. The Kier molecular flexibility index (Phi) is 3.37. The molecule has 0 aromatic carbocycles. The number of carbonyl (C=O) groups excluding carboxylic acids is 2. The van der Waals surface area contributed by atoms with Gasteiger partial charge in [-0.05, 0) is 24.5 Å². The third kappa shape index (κ3) is 3.27.